The summed E-state index contributed by atoms with van der Waals surface area (Å²) in [5, 5.41) is 0. The first-order valence-electron chi connectivity index (χ1n) is 6.19. The second kappa shape index (κ2) is 6.17. The maximum Gasteiger partial charge on any atom is 0.0409 e. The highest BCUT2D eigenvalue weighted by Crippen LogP contribution is 2.18. The second-order valence-corrected chi connectivity index (χ2v) is 4.36. The van der Waals surface area contributed by atoms with Crippen molar-refractivity contribution >= 4 is 5.69 Å². The van der Waals surface area contributed by atoms with Gasteiger partial charge >= 0.3 is 0 Å². The average Bonchev–Trinajstić information content (AvgIpc) is 2.45. The first-order valence-corrected chi connectivity index (χ1v) is 6.19. The topological polar surface area (TPSA) is 42.2 Å². The molecule has 0 spiro atoms. The van der Waals surface area contributed by atoms with Crippen LogP contribution in [0.3, 0.4) is 0 Å². The smallest absolute Gasteiger partial charge is 0.0409 e. The van der Waals surface area contributed by atoms with E-state index in [1.54, 1.807) is 0 Å². The number of nitrogens with zero attached hydrogens (tertiary/aromatic N) is 2. The van der Waals surface area contributed by atoms with Crippen LogP contribution in [0.1, 0.15) is 11.1 Å². The quantitative estimate of drug-likeness (QED) is 0.872. The summed E-state index contributed by atoms with van der Waals surface area (Å²) in [6, 6.07) is 12.4. The molecule has 18 heavy (non-hydrogen) atoms. The minimum absolute atomic E-state index is 0.579. The van der Waals surface area contributed by atoms with Crippen molar-refractivity contribution in [2.24, 2.45) is 5.73 Å². The van der Waals surface area contributed by atoms with Crippen molar-refractivity contribution in [2.45, 2.75) is 13.0 Å². The summed E-state index contributed by atoms with van der Waals surface area (Å²) < 4.78 is 0. The molecule has 1 aromatic heterocycles. The fourth-order valence-corrected chi connectivity index (χ4v) is 2.02. The SMILES string of the molecule is CN(CCc1ccncc1)c1ccccc1CN. The molecule has 0 amide bonds. The first kappa shape index (κ1) is 12.6. The van der Waals surface area contributed by atoms with E-state index in [2.05, 4.69) is 47.3 Å². The van der Waals surface area contributed by atoms with E-state index < -0.39 is 0 Å². The van der Waals surface area contributed by atoms with Crippen LogP contribution in [0.15, 0.2) is 48.8 Å². The van der Waals surface area contributed by atoms with E-state index in [4.69, 9.17) is 5.73 Å². The molecule has 0 radical (unpaired) electrons. The minimum Gasteiger partial charge on any atom is -0.374 e. The molecule has 1 heterocycles. The van der Waals surface area contributed by atoms with Gasteiger partial charge in [0.15, 0.2) is 0 Å². The molecular formula is C15H19N3. The van der Waals surface area contributed by atoms with Gasteiger partial charge in [-0.05, 0) is 35.7 Å². The molecule has 2 rings (SSSR count). The maximum absolute atomic E-state index is 5.76. The Labute approximate surface area is 108 Å². The molecule has 1 aromatic carbocycles. The predicted octanol–water partition coefficient (Wildman–Crippen LogP) is 2.22. The Morgan fingerprint density at radius 1 is 1.11 bits per heavy atom. The number of benzene rings is 1. The summed E-state index contributed by atoms with van der Waals surface area (Å²) in [6.07, 6.45) is 4.68. The van der Waals surface area contributed by atoms with Gasteiger partial charge in [0.1, 0.15) is 0 Å². The number of rotatable bonds is 5. The highest BCUT2D eigenvalue weighted by molar-refractivity contribution is 5.53. The summed E-state index contributed by atoms with van der Waals surface area (Å²) in [7, 11) is 2.11. The monoisotopic (exact) mass is 241 g/mol. The van der Waals surface area contributed by atoms with Crippen LogP contribution < -0.4 is 10.6 Å². The molecule has 0 saturated heterocycles. The van der Waals surface area contributed by atoms with Gasteiger partial charge in [-0.15, -0.1) is 0 Å². The molecule has 0 atom stereocenters. The van der Waals surface area contributed by atoms with Crippen LogP contribution in [0.4, 0.5) is 5.69 Å². The van der Waals surface area contributed by atoms with Crippen molar-refractivity contribution < 1.29 is 0 Å². The van der Waals surface area contributed by atoms with Crippen LogP contribution in [0.25, 0.3) is 0 Å². The number of pyridine rings is 1. The van der Waals surface area contributed by atoms with Crippen LogP contribution in [0.2, 0.25) is 0 Å². The normalized spacial score (nSPS) is 10.3. The standard InChI is InChI=1S/C15H19N3/c1-18(11-8-13-6-9-17-10-7-13)15-5-3-2-4-14(15)12-16/h2-7,9-10H,8,11-12,16H2,1H3. The Balaban J connectivity index is 2.01. The highest BCUT2D eigenvalue weighted by atomic mass is 15.1. The Morgan fingerprint density at radius 2 is 1.83 bits per heavy atom. The van der Waals surface area contributed by atoms with Crippen LogP contribution in [0.5, 0.6) is 0 Å². The van der Waals surface area contributed by atoms with E-state index in [0.29, 0.717) is 6.54 Å². The third kappa shape index (κ3) is 3.08. The van der Waals surface area contributed by atoms with Crippen LogP contribution in [0, 0.1) is 0 Å². The first-order chi connectivity index (χ1) is 8.81. The van der Waals surface area contributed by atoms with E-state index >= 15 is 0 Å². The third-order valence-corrected chi connectivity index (χ3v) is 3.11. The molecule has 2 N–H and O–H groups in total. The second-order valence-electron chi connectivity index (χ2n) is 4.36. The molecule has 3 nitrogen and oxygen atoms in total. The van der Waals surface area contributed by atoms with E-state index in [0.717, 1.165) is 13.0 Å². The van der Waals surface area contributed by atoms with Crippen LogP contribution in [-0.2, 0) is 13.0 Å². The minimum atomic E-state index is 0.579. The lowest BCUT2D eigenvalue weighted by molar-refractivity contribution is 0.864. The lowest BCUT2D eigenvalue weighted by Crippen LogP contribution is -2.22. The van der Waals surface area contributed by atoms with Crippen LogP contribution in [-0.4, -0.2) is 18.6 Å². The number of aromatic nitrogens is 1. The molecule has 0 aliphatic rings. The molecule has 0 fully saturated rings. The molecular weight excluding hydrogens is 222 g/mol. The summed E-state index contributed by atoms with van der Waals surface area (Å²) in [5.41, 5.74) is 9.47. The summed E-state index contributed by atoms with van der Waals surface area (Å²) in [4.78, 5) is 6.28. The third-order valence-electron chi connectivity index (χ3n) is 3.11. The van der Waals surface area contributed by atoms with Gasteiger partial charge in [0.25, 0.3) is 0 Å². The zero-order valence-electron chi connectivity index (χ0n) is 10.7. The predicted molar refractivity (Wildman–Crippen MR) is 75.5 cm³/mol. The van der Waals surface area contributed by atoms with Crippen molar-refractivity contribution in [3.05, 3.63) is 59.9 Å². The number of anilines is 1. The van der Waals surface area contributed by atoms with E-state index in [1.165, 1.54) is 16.8 Å². The molecule has 2 aromatic rings. The van der Waals surface area contributed by atoms with Gasteiger partial charge < -0.3 is 10.6 Å². The number of para-hydroxylation sites is 1. The van der Waals surface area contributed by atoms with Crippen molar-refractivity contribution in [1.82, 2.24) is 4.98 Å². The molecule has 0 unspecified atom stereocenters. The fourth-order valence-electron chi connectivity index (χ4n) is 2.02. The molecule has 0 saturated carbocycles. The number of hydrogen-bond acceptors (Lipinski definition) is 3. The summed E-state index contributed by atoms with van der Waals surface area (Å²) in [6.45, 7) is 1.55. The van der Waals surface area contributed by atoms with Gasteiger partial charge in [-0.3, -0.25) is 4.98 Å². The number of likely N-dealkylation sites (N-methyl/N-ethyl adjacent to an activating group) is 1. The number of nitrogens with two attached hydrogens (primary N) is 1. The molecule has 0 bridgehead atoms. The summed E-state index contributed by atoms with van der Waals surface area (Å²) >= 11 is 0. The lowest BCUT2D eigenvalue weighted by Gasteiger charge is -2.22. The van der Waals surface area contributed by atoms with Gasteiger partial charge in [-0.1, -0.05) is 18.2 Å². The van der Waals surface area contributed by atoms with Crippen molar-refractivity contribution in [3.63, 3.8) is 0 Å². The largest absolute Gasteiger partial charge is 0.374 e. The molecule has 94 valence electrons. The summed E-state index contributed by atoms with van der Waals surface area (Å²) in [5.74, 6) is 0. The molecule has 0 aliphatic heterocycles. The Morgan fingerprint density at radius 3 is 2.56 bits per heavy atom. The van der Waals surface area contributed by atoms with Gasteiger partial charge in [-0.2, -0.15) is 0 Å². The fraction of sp³-hybridized carbons (Fsp3) is 0.267. The zero-order chi connectivity index (χ0) is 12.8. The van der Waals surface area contributed by atoms with Crippen LogP contribution >= 0.6 is 0 Å². The Bertz CT molecular complexity index is 482. The van der Waals surface area contributed by atoms with Gasteiger partial charge in [0.05, 0.1) is 0 Å². The Hall–Kier alpha value is -1.87. The van der Waals surface area contributed by atoms with E-state index in [-0.39, 0.29) is 0 Å². The van der Waals surface area contributed by atoms with Gasteiger partial charge in [0, 0.05) is 38.2 Å². The van der Waals surface area contributed by atoms with Gasteiger partial charge in [-0.25, -0.2) is 0 Å². The lowest BCUT2D eigenvalue weighted by atomic mass is 10.1. The van der Waals surface area contributed by atoms with Crippen molar-refractivity contribution in [2.75, 3.05) is 18.5 Å². The van der Waals surface area contributed by atoms with E-state index in [1.807, 2.05) is 18.5 Å². The molecule has 0 aliphatic carbocycles. The Kier molecular flexibility index (Phi) is 4.31. The zero-order valence-corrected chi connectivity index (χ0v) is 10.7. The number of hydrogen-bond donors (Lipinski definition) is 1. The van der Waals surface area contributed by atoms with Gasteiger partial charge in [0.2, 0.25) is 0 Å². The molecule has 3 heteroatoms. The van der Waals surface area contributed by atoms with Crippen molar-refractivity contribution in [3.8, 4) is 0 Å². The maximum atomic E-state index is 5.76. The highest BCUT2D eigenvalue weighted by Gasteiger charge is 2.05. The average molecular weight is 241 g/mol. The van der Waals surface area contributed by atoms with E-state index in [9.17, 15) is 0 Å². The van der Waals surface area contributed by atoms with Crippen molar-refractivity contribution in [1.29, 1.82) is 0 Å².